The quantitative estimate of drug-likeness (QED) is 0.596. The van der Waals surface area contributed by atoms with Gasteiger partial charge in [0.15, 0.2) is 5.65 Å². The topological polar surface area (TPSA) is 43.1 Å². The molecule has 0 atom stereocenters. The number of fused-ring (bicyclic) bond motifs is 1. The molecule has 15 heavy (non-hydrogen) atoms. The van der Waals surface area contributed by atoms with E-state index in [1.165, 1.54) is 0 Å². The molecule has 0 aliphatic heterocycles. The van der Waals surface area contributed by atoms with Crippen molar-refractivity contribution in [3.05, 3.63) is 49.3 Å². The van der Waals surface area contributed by atoms with Gasteiger partial charge in [-0.25, -0.2) is 4.98 Å². The van der Waals surface area contributed by atoms with Gasteiger partial charge in [0.2, 0.25) is 0 Å². The van der Waals surface area contributed by atoms with Crippen LogP contribution in [-0.2, 0) is 0 Å². The van der Waals surface area contributed by atoms with Gasteiger partial charge in [0.25, 0.3) is 0 Å². The molecule has 0 saturated heterocycles. The molecular formula is C11H8N4. The van der Waals surface area contributed by atoms with E-state index in [9.17, 15) is 0 Å². The van der Waals surface area contributed by atoms with Crippen molar-refractivity contribution < 1.29 is 0 Å². The highest BCUT2D eigenvalue weighted by atomic mass is 15.0. The second-order valence-corrected chi connectivity index (χ2v) is 3.20. The number of imidazole rings is 1. The zero-order valence-corrected chi connectivity index (χ0v) is 7.91. The number of nitrogens with zero attached hydrogens (tertiary/aromatic N) is 4. The van der Waals surface area contributed by atoms with Gasteiger partial charge in [-0.15, -0.1) is 0 Å². The SMILES string of the molecule is c1cc(-c2cn3ccnc3cn2)ccn1. The third-order valence-electron chi connectivity index (χ3n) is 2.26. The lowest BCUT2D eigenvalue weighted by atomic mass is 10.2. The van der Waals surface area contributed by atoms with E-state index in [-0.39, 0.29) is 0 Å². The second-order valence-electron chi connectivity index (χ2n) is 3.20. The Bertz CT molecular complexity index is 586. The summed E-state index contributed by atoms with van der Waals surface area (Å²) in [6.07, 6.45) is 10.9. The fourth-order valence-electron chi connectivity index (χ4n) is 1.50. The summed E-state index contributed by atoms with van der Waals surface area (Å²) in [5.74, 6) is 0. The van der Waals surface area contributed by atoms with E-state index in [1.807, 2.05) is 28.9 Å². The summed E-state index contributed by atoms with van der Waals surface area (Å²) in [5.41, 5.74) is 2.83. The van der Waals surface area contributed by atoms with E-state index in [1.54, 1.807) is 24.8 Å². The summed E-state index contributed by atoms with van der Waals surface area (Å²) >= 11 is 0. The minimum Gasteiger partial charge on any atom is -0.304 e. The van der Waals surface area contributed by atoms with Crippen molar-refractivity contribution in [2.24, 2.45) is 0 Å². The molecule has 3 rings (SSSR count). The zero-order chi connectivity index (χ0) is 10.1. The smallest absolute Gasteiger partial charge is 0.155 e. The summed E-state index contributed by atoms with van der Waals surface area (Å²) < 4.78 is 1.95. The fraction of sp³-hybridized carbons (Fsp3) is 0. The van der Waals surface area contributed by atoms with Gasteiger partial charge >= 0.3 is 0 Å². The van der Waals surface area contributed by atoms with Crippen LogP contribution < -0.4 is 0 Å². The number of aromatic nitrogens is 4. The minimum atomic E-state index is 0.854. The molecule has 0 N–H and O–H groups in total. The molecule has 0 aromatic carbocycles. The maximum absolute atomic E-state index is 4.34. The van der Waals surface area contributed by atoms with Crippen molar-refractivity contribution >= 4 is 5.65 Å². The first kappa shape index (κ1) is 8.11. The van der Waals surface area contributed by atoms with Crippen LogP contribution >= 0.6 is 0 Å². The van der Waals surface area contributed by atoms with Crippen LogP contribution in [0.25, 0.3) is 16.9 Å². The minimum absolute atomic E-state index is 0.854. The Balaban J connectivity index is 2.19. The van der Waals surface area contributed by atoms with Gasteiger partial charge < -0.3 is 4.40 Å². The average Bonchev–Trinajstić information content (AvgIpc) is 2.77. The Labute approximate surface area is 86.3 Å². The molecule has 0 saturated carbocycles. The van der Waals surface area contributed by atoms with Crippen LogP contribution in [0.5, 0.6) is 0 Å². The third-order valence-corrected chi connectivity index (χ3v) is 2.26. The Morgan fingerprint density at radius 2 is 1.87 bits per heavy atom. The molecular weight excluding hydrogens is 188 g/mol. The molecule has 3 aromatic heterocycles. The highest BCUT2D eigenvalue weighted by Gasteiger charge is 2.00. The Morgan fingerprint density at radius 1 is 1.00 bits per heavy atom. The van der Waals surface area contributed by atoms with Gasteiger partial charge in [-0.05, 0) is 12.1 Å². The molecule has 0 amide bonds. The molecule has 3 aromatic rings. The molecule has 4 heteroatoms. The normalized spacial score (nSPS) is 10.7. The molecule has 72 valence electrons. The zero-order valence-electron chi connectivity index (χ0n) is 7.91. The summed E-state index contributed by atoms with van der Waals surface area (Å²) in [6.45, 7) is 0. The number of pyridine rings is 1. The van der Waals surface area contributed by atoms with Gasteiger partial charge in [0.05, 0.1) is 11.9 Å². The van der Waals surface area contributed by atoms with Gasteiger partial charge in [0.1, 0.15) is 0 Å². The van der Waals surface area contributed by atoms with Gasteiger partial charge in [-0.1, -0.05) is 0 Å². The summed E-state index contributed by atoms with van der Waals surface area (Å²) in [7, 11) is 0. The van der Waals surface area contributed by atoms with Gasteiger partial charge in [0, 0.05) is 36.5 Å². The Morgan fingerprint density at radius 3 is 2.73 bits per heavy atom. The molecule has 4 nitrogen and oxygen atoms in total. The van der Waals surface area contributed by atoms with E-state index >= 15 is 0 Å². The maximum Gasteiger partial charge on any atom is 0.155 e. The largest absolute Gasteiger partial charge is 0.304 e. The monoisotopic (exact) mass is 196 g/mol. The van der Waals surface area contributed by atoms with Crippen LogP contribution in [0.3, 0.4) is 0 Å². The average molecular weight is 196 g/mol. The van der Waals surface area contributed by atoms with E-state index in [0.29, 0.717) is 0 Å². The lowest BCUT2D eigenvalue weighted by molar-refractivity contribution is 1.13. The van der Waals surface area contributed by atoms with E-state index in [4.69, 9.17) is 0 Å². The number of rotatable bonds is 1. The summed E-state index contributed by atoms with van der Waals surface area (Å²) in [6, 6.07) is 3.87. The first-order chi connectivity index (χ1) is 7.43. The van der Waals surface area contributed by atoms with Crippen molar-refractivity contribution in [3.63, 3.8) is 0 Å². The summed E-state index contributed by atoms with van der Waals surface area (Å²) in [4.78, 5) is 12.5. The van der Waals surface area contributed by atoms with Crippen LogP contribution in [-0.4, -0.2) is 19.4 Å². The standard InChI is InChI=1S/C11H8N4/c1-3-12-4-2-9(1)10-8-15-6-5-13-11(15)7-14-10/h1-8H. The second kappa shape index (κ2) is 3.16. The van der Waals surface area contributed by atoms with Crippen molar-refractivity contribution in [1.29, 1.82) is 0 Å². The highest BCUT2D eigenvalue weighted by Crippen LogP contribution is 2.15. The van der Waals surface area contributed by atoms with Crippen LogP contribution in [0, 0.1) is 0 Å². The van der Waals surface area contributed by atoms with Crippen molar-refractivity contribution in [2.45, 2.75) is 0 Å². The predicted molar refractivity (Wildman–Crippen MR) is 56.2 cm³/mol. The van der Waals surface area contributed by atoms with E-state index in [2.05, 4.69) is 15.0 Å². The molecule has 0 fully saturated rings. The van der Waals surface area contributed by atoms with E-state index in [0.717, 1.165) is 16.9 Å². The molecule has 0 bridgehead atoms. The summed E-state index contributed by atoms with van der Waals surface area (Å²) in [5, 5.41) is 0. The molecule has 3 heterocycles. The molecule has 0 aliphatic carbocycles. The van der Waals surface area contributed by atoms with Gasteiger partial charge in [-0.3, -0.25) is 9.97 Å². The molecule has 0 spiro atoms. The maximum atomic E-state index is 4.34. The Kier molecular flexibility index (Phi) is 1.71. The molecule has 0 aliphatic rings. The van der Waals surface area contributed by atoms with Crippen LogP contribution in [0.1, 0.15) is 0 Å². The third kappa shape index (κ3) is 1.36. The first-order valence-corrected chi connectivity index (χ1v) is 4.62. The van der Waals surface area contributed by atoms with Gasteiger partial charge in [-0.2, -0.15) is 0 Å². The van der Waals surface area contributed by atoms with Crippen LogP contribution in [0.4, 0.5) is 0 Å². The lowest BCUT2D eigenvalue weighted by Gasteiger charge is -2.00. The molecule has 0 unspecified atom stereocenters. The van der Waals surface area contributed by atoms with Crippen LogP contribution in [0.2, 0.25) is 0 Å². The number of hydrogen-bond acceptors (Lipinski definition) is 3. The van der Waals surface area contributed by atoms with Crippen molar-refractivity contribution in [3.8, 4) is 11.3 Å². The van der Waals surface area contributed by atoms with Crippen LogP contribution in [0.15, 0.2) is 49.3 Å². The molecule has 0 radical (unpaired) electrons. The fourth-order valence-corrected chi connectivity index (χ4v) is 1.50. The van der Waals surface area contributed by atoms with Crippen molar-refractivity contribution in [1.82, 2.24) is 19.4 Å². The first-order valence-electron chi connectivity index (χ1n) is 4.62. The highest BCUT2D eigenvalue weighted by molar-refractivity contribution is 5.58. The predicted octanol–water partition coefficient (Wildman–Crippen LogP) is 1.79. The lowest BCUT2D eigenvalue weighted by Crippen LogP contribution is -1.89. The van der Waals surface area contributed by atoms with Crippen molar-refractivity contribution in [2.75, 3.05) is 0 Å². The Hall–Kier alpha value is -2.23. The number of hydrogen-bond donors (Lipinski definition) is 0. The van der Waals surface area contributed by atoms with E-state index < -0.39 is 0 Å².